The molecule has 24 heavy (non-hydrogen) atoms. The minimum atomic E-state index is -3.63. The maximum absolute atomic E-state index is 12.4. The largest absolute Gasteiger partial charge is 0.371 e. The van der Waals surface area contributed by atoms with Crippen LogP contribution >= 0.6 is 11.6 Å². The molecule has 1 N–H and O–H groups in total. The van der Waals surface area contributed by atoms with E-state index in [0.717, 1.165) is 18.8 Å². The molecule has 2 aromatic carbocycles. The molecule has 0 aromatic heterocycles. The van der Waals surface area contributed by atoms with Crippen LogP contribution in [0.4, 0.5) is 11.4 Å². The number of anilines is 2. The van der Waals surface area contributed by atoms with E-state index in [1.54, 1.807) is 24.3 Å². The Morgan fingerprint density at radius 2 is 1.92 bits per heavy atom. The highest BCUT2D eigenvalue weighted by Crippen LogP contribution is 2.25. The summed E-state index contributed by atoms with van der Waals surface area (Å²) in [5.41, 5.74) is 1.68. The van der Waals surface area contributed by atoms with Gasteiger partial charge in [0.1, 0.15) is 0 Å². The Morgan fingerprint density at radius 3 is 2.58 bits per heavy atom. The Labute approximate surface area is 148 Å². The average molecular weight is 365 g/mol. The SMILES string of the molecule is CC1CCCN(c2ccc(NS(=O)(=O)c3cccc(Cl)c3)cc2)C1. The Hall–Kier alpha value is -1.72. The zero-order chi connectivity index (χ0) is 17.2. The van der Waals surface area contributed by atoms with Gasteiger partial charge in [0, 0.05) is 29.5 Å². The molecule has 1 unspecified atom stereocenters. The van der Waals surface area contributed by atoms with Crippen LogP contribution in [0.3, 0.4) is 0 Å². The lowest BCUT2D eigenvalue weighted by atomic mass is 10.00. The molecular formula is C18H21ClN2O2S. The number of rotatable bonds is 4. The zero-order valence-electron chi connectivity index (χ0n) is 13.6. The first kappa shape index (κ1) is 17.1. The summed E-state index contributed by atoms with van der Waals surface area (Å²) in [6, 6.07) is 13.8. The van der Waals surface area contributed by atoms with Crippen molar-refractivity contribution >= 4 is 33.0 Å². The van der Waals surface area contributed by atoms with Gasteiger partial charge in [0.15, 0.2) is 0 Å². The highest BCUT2D eigenvalue weighted by molar-refractivity contribution is 7.92. The van der Waals surface area contributed by atoms with Crippen molar-refractivity contribution in [2.45, 2.75) is 24.7 Å². The maximum Gasteiger partial charge on any atom is 0.261 e. The molecule has 1 aliphatic rings. The van der Waals surface area contributed by atoms with Gasteiger partial charge in [-0.05, 0) is 61.2 Å². The van der Waals surface area contributed by atoms with Gasteiger partial charge in [-0.3, -0.25) is 4.72 Å². The number of benzene rings is 2. The fraction of sp³-hybridized carbons (Fsp3) is 0.333. The van der Waals surface area contributed by atoms with Gasteiger partial charge in [-0.15, -0.1) is 0 Å². The summed E-state index contributed by atoms with van der Waals surface area (Å²) in [5, 5.41) is 0.396. The third-order valence-electron chi connectivity index (χ3n) is 4.25. The van der Waals surface area contributed by atoms with E-state index in [2.05, 4.69) is 16.5 Å². The van der Waals surface area contributed by atoms with Crippen molar-refractivity contribution in [2.75, 3.05) is 22.7 Å². The standard InChI is InChI=1S/C18H21ClN2O2S/c1-14-4-3-11-21(13-14)17-9-7-16(8-10-17)20-24(22,23)18-6-2-5-15(19)12-18/h2,5-10,12,14,20H,3-4,11,13H2,1H3. The molecule has 1 aliphatic heterocycles. The van der Waals surface area contributed by atoms with Crippen molar-refractivity contribution in [2.24, 2.45) is 5.92 Å². The van der Waals surface area contributed by atoms with Crippen LogP contribution in [-0.4, -0.2) is 21.5 Å². The molecule has 128 valence electrons. The summed E-state index contributed by atoms with van der Waals surface area (Å²) in [6.07, 6.45) is 2.47. The first-order chi connectivity index (χ1) is 11.4. The van der Waals surface area contributed by atoms with E-state index in [4.69, 9.17) is 11.6 Å². The summed E-state index contributed by atoms with van der Waals surface area (Å²) in [5.74, 6) is 0.694. The predicted molar refractivity (Wildman–Crippen MR) is 99.3 cm³/mol. The molecule has 1 fully saturated rings. The fourth-order valence-electron chi connectivity index (χ4n) is 3.01. The average Bonchev–Trinajstić information content (AvgIpc) is 2.55. The van der Waals surface area contributed by atoms with Crippen LogP contribution in [-0.2, 0) is 10.0 Å². The van der Waals surface area contributed by atoms with Gasteiger partial charge in [-0.25, -0.2) is 8.42 Å². The Bertz CT molecular complexity index is 806. The van der Waals surface area contributed by atoms with Crippen molar-refractivity contribution in [3.8, 4) is 0 Å². The Morgan fingerprint density at radius 1 is 1.17 bits per heavy atom. The van der Waals surface area contributed by atoms with E-state index in [0.29, 0.717) is 16.6 Å². The summed E-state index contributed by atoms with van der Waals surface area (Å²) in [4.78, 5) is 2.51. The van der Waals surface area contributed by atoms with Crippen LogP contribution in [0.2, 0.25) is 5.02 Å². The molecule has 0 aliphatic carbocycles. The molecule has 1 heterocycles. The lowest BCUT2D eigenvalue weighted by Crippen LogP contribution is -2.34. The number of halogens is 1. The molecule has 1 atom stereocenters. The monoisotopic (exact) mass is 364 g/mol. The second-order valence-corrected chi connectivity index (χ2v) is 8.42. The van der Waals surface area contributed by atoms with Crippen LogP contribution in [0.5, 0.6) is 0 Å². The molecule has 0 saturated carbocycles. The third kappa shape index (κ3) is 4.02. The van der Waals surface area contributed by atoms with Crippen molar-refractivity contribution in [3.05, 3.63) is 53.6 Å². The van der Waals surface area contributed by atoms with Gasteiger partial charge in [-0.2, -0.15) is 0 Å². The van der Waals surface area contributed by atoms with E-state index in [1.807, 2.05) is 12.1 Å². The number of sulfonamides is 1. The van der Waals surface area contributed by atoms with Gasteiger partial charge in [0.05, 0.1) is 4.90 Å². The third-order valence-corrected chi connectivity index (χ3v) is 5.86. The zero-order valence-corrected chi connectivity index (χ0v) is 15.1. The highest BCUT2D eigenvalue weighted by atomic mass is 35.5. The minimum absolute atomic E-state index is 0.156. The molecule has 0 radical (unpaired) electrons. The Balaban J connectivity index is 1.74. The van der Waals surface area contributed by atoms with Crippen molar-refractivity contribution < 1.29 is 8.42 Å². The van der Waals surface area contributed by atoms with Crippen molar-refractivity contribution in [1.82, 2.24) is 0 Å². The molecule has 3 rings (SSSR count). The summed E-state index contributed by atoms with van der Waals surface area (Å²) < 4.78 is 27.4. The first-order valence-corrected chi connectivity index (χ1v) is 9.93. The number of piperidine rings is 1. The van der Waals surface area contributed by atoms with E-state index in [9.17, 15) is 8.42 Å². The van der Waals surface area contributed by atoms with Gasteiger partial charge in [-0.1, -0.05) is 24.6 Å². The van der Waals surface area contributed by atoms with Crippen molar-refractivity contribution in [3.63, 3.8) is 0 Å². The smallest absolute Gasteiger partial charge is 0.261 e. The second kappa shape index (κ2) is 7.03. The van der Waals surface area contributed by atoms with Gasteiger partial charge in [0.25, 0.3) is 10.0 Å². The van der Waals surface area contributed by atoms with E-state index in [1.165, 1.54) is 25.0 Å². The number of hydrogen-bond acceptors (Lipinski definition) is 3. The number of hydrogen-bond donors (Lipinski definition) is 1. The molecule has 1 saturated heterocycles. The predicted octanol–water partition coefficient (Wildman–Crippen LogP) is 4.38. The molecule has 0 bridgehead atoms. The molecule has 2 aromatic rings. The van der Waals surface area contributed by atoms with Gasteiger partial charge in [0.2, 0.25) is 0 Å². The molecule has 0 spiro atoms. The summed E-state index contributed by atoms with van der Waals surface area (Å²) in [6.45, 7) is 4.37. The van der Waals surface area contributed by atoms with Crippen LogP contribution in [0, 0.1) is 5.92 Å². The number of nitrogens with zero attached hydrogens (tertiary/aromatic N) is 1. The molecule has 0 amide bonds. The molecule has 4 nitrogen and oxygen atoms in total. The topological polar surface area (TPSA) is 49.4 Å². The van der Waals surface area contributed by atoms with Gasteiger partial charge >= 0.3 is 0 Å². The highest BCUT2D eigenvalue weighted by Gasteiger charge is 2.17. The summed E-state index contributed by atoms with van der Waals surface area (Å²) in [7, 11) is -3.63. The van der Waals surface area contributed by atoms with Crippen LogP contribution < -0.4 is 9.62 Å². The maximum atomic E-state index is 12.4. The number of nitrogens with one attached hydrogen (secondary N) is 1. The van der Waals surface area contributed by atoms with Gasteiger partial charge < -0.3 is 4.90 Å². The quantitative estimate of drug-likeness (QED) is 0.875. The molecule has 6 heteroatoms. The normalized spacial score (nSPS) is 18.4. The van der Waals surface area contributed by atoms with Crippen LogP contribution in [0.25, 0.3) is 0 Å². The van der Waals surface area contributed by atoms with Crippen molar-refractivity contribution in [1.29, 1.82) is 0 Å². The van der Waals surface area contributed by atoms with E-state index in [-0.39, 0.29) is 4.90 Å². The summed E-state index contributed by atoms with van der Waals surface area (Å²) >= 11 is 5.87. The lowest BCUT2D eigenvalue weighted by molar-refractivity contribution is 0.447. The fourth-order valence-corrected chi connectivity index (χ4v) is 4.37. The van der Waals surface area contributed by atoms with E-state index >= 15 is 0 Å². The first-order valence-electron chi connectivity index (χ1n) is 8.07. The Kier molecular flexibility index (Phi) is 5.01. The van der Waals surface area contributed by atoms with E-state index < -0.39 is 10.0 Å². The lowest BCUT2D eigenvalue weighted by Gasteiger charge is -2.32. The van der Waals surface area contributed by atoms with Crippen LogP contribution in [0.1, 0.15) is 19.8 Å². The molecular weight excluding hydrogens is 344 g/mol. The minimum Gasteiger partial charge on any atom is -0.371 e. The second-order valence-electron chi connectivity index (χ2n) is 6.30. The van der Waals surface area contributed by atoms with Crippen LogP contribution in [0.15, 0.2) is 53.4 Å².